The molecular weight excluding hydrogens is 287 g/mol. The zero-order chi connectivity index (χ0) is 14.0. The molecule has 102 valence electrons. The van der Waals surface area contributed by atoms with Crippen molar-refractivity contribution in [2.24, 2.45) is 0 Å². The second kappa shape index (κ2) is 5.80. The van der Waals surface area contributed by atoms with Gasteiger partial charge in [-0.25, -0.2) is 4.98 Å². The Morgan fingerprint density at radius 1 is 1.37 bits per heavy atom. The van der Waals surface area contributed by atoms with Crippen molar-refractivity contribution < 1.29 is 9.53 Å². The predicted molar refractivity (Wildman–Crippen MR) is 75.8 cm³/mol. The first-order chi connectivity index (χ1) is 9.02. The minimum atomic E-state index is -0.287. The van der Waals surface area contributed by atoms with E-state index in [0.29, 0.717) is 23.1 Å². The monoisotopic (exact) mass is 300 g/mol. The smallest absolute Gasteiger partial charge is 0.302 e. The second-order valence-electron chi connectivity index (χ2n) is 4.12. The van der Waals surface area contributed by atoms with Gasteiger partial charge in [0.15, 0.2) is 0 Å². The summed E-state index contributed by atoms with van der Waals surface area (Å²) in [5.74, 6) is 0.572. The summed E-state index contributed by atoms with van der Waals surface area (Å²) in [5, 5.41) is 0.997. The Bertz CT molecular complexity index is 623. The lowest BCUT2D eigenvalue weighted by Gasteiger charge is -2.06. The van der Waals surface area contributed by atoms with E-state index in [0.717, 1.165) is 23.4 Å². The van der Waals surface area contributed by atoms with E-state index in [2.05, 4.69) is 4.98 Å². The number of esters is 1. The molecule has 19 heavy (non-hydrogen) atoms. The number of fused-ring (bicyclic) bond motifs is 1. The summed E-state index contributed by atoms with van der Waals surface area (Å²) < 4.78 is 6.99. The third-order valence-electron chi connectivity index (χ3n) is 2.82. The van der Waals surface area contributed by atoms with Crippen LogP contribution in [0.3, 0.4) is 0 Å². The van der Waals surface area contributed by atoms with Crippen LogP contribution in [0.4, 0.5) is 0 Å². The van der Waals surface area contributed by atoms with Gasteiger partial charge in [-0.3, -0.25) is 4.79 Å². The third kappa shape index (κ3) is 3.01. The molecule has 0 atom stereocenters. The van der Waals surface area contributed by atoms with Crippen LogP contribution in [0, 0.1) is 0 Å². The summed E-state index contributed by atoms with van der Waals surface area (Å²) in [6, 6.07) is 3.56. The Morgan fingerprint density at radius 3 is 2.68 bits per heavy atom. The number of ether oxygens (including phenoxy) is 1. The molecule has 0 saturated carbocycles. The Hall–Kier alpha value is -1.26. The van der Waals surface area contributed by atoms with Crippen LogP contribution in [0.25, 0.3) is 11.0 Å². The molecule has 0 N–H and O–H groups in total. The molecule has 0 aliphatic rings. The molecule has 1 heterocycles. The van der Waals surface area contributed by atoms with Gasteiger partial charge in [0.25, 0.3) is 0 Å². The van der Waals surface area contributed by atoms with Crippen LogP contribution in [0.2, 0.25) is 10.0 Å². The van der Waals surface area contributed by atoms with Gasteiger partial charge in [-0.1, -0.05) is 23.2 Å². The van der Waals surface area contributed by atoms with Crippen LogP contribution >= 0.6 is 23.2 Å². The zero-order valence-corrected chi connectivity index (χ0v) is 12.3. The topological polar surface area (TPSA) is 44.1 Å². The quantitative estimate of drug-likeness (QED) is 0.812. The van der Waals surface area contributed by atoms with Crippen molar-refractivity contribution in [3.63, 3.8) is 0 Å². The first-order valence-electron chi connectivity index (χ1n) is 6.00. The molecular formula is C13H14Cl2N2O2. The number of aryl methyl sites for hydroxylation is 1. The van der Waals surface area contributed by atoms with Crippen LogP contribution in [-0.2, 0) is 22.5 Å². The Kier molecular flexibility index (Phi) is 4.32. The third-order valence-corrected chi connectivity index (χ3v) is 3.54. The number of imidazole rings is 1. The van der Waals surface area contributed by atoms with E-state index in [1.807, 2.05) is 17.6 Å². The number of hydrogen-bond acceptors (Lipinski definition) is 3. The molecule has 0 unspecified atom stereocenters. The zero-order valence-electron chi connectivity index (χ0n) is 10.7. The summed E-state index contributed by atoms with van der Waals surface area (Å²) >= 11 is 12.0. The van der Waals surface area contributed by atoms with Gasteiger partial charge in [0.05, 0.1) is 27.7 Å². The predicted octanol–water partition coefficient (Wildman–Crippen LogP) is 3.47. The standard InChI is InChI=1S/C13H14Cl2N2O2/c1-3-17-12-7-10(15)9(14)6-11(12)16-13(17)4-5-19-8(2)18/h6-7H,3-5H2,1-2H3. The fourth-order valence-electron chi connectivity index (χ4n) is 2.00. The lowest BCUT2D eigenvalue weighted by atomic mass is 10.3. The van der Waals surface area contributed by atoms with Crippen molar-refractivity contribution in [3.8, 4) is 0 Å². The van der Waals surface area contributed by atoms with Gasteiger partial charge < -0.3 is 9.30 Å². The molecule has 0 amide bonds. The highest BCUT2D eigenvalue weighted by atomic mass is 35.5. The summed E-state index contributed by atoms with van der Waals surface area (Å²) in [4.78, 5) is 15.3. The molecule has 2 aromatic rings. The highest BCUT2D eigenvalue weighted by Crippen LogP contribution is 2.28. The number of rotatable bonds is 4. The maximum atomic E-state index is 10.8. The molecule has 0 aliphatic heterocycles. The van der Waals surface area contributed by atoms with E-state index >= 15 is 0 Å². The molecule has 0 aliphatic carbocycles. The van der Waals surface area contributed by atoms with Crippen molar-refractivity contribution >= 4 is 40.2 Å². The van der Waals surface area contributed by atoms with Crippen molar-refractivity contribution in [1.82, 2.24) is 9.55 Å². The molecule has 2 rings (SSSR count). The largest absolute Gasteiger partial charge is 0.465 e. The molecule has 4 nitrogen and oxygen atoms in total. The first kappa shape index (κ1) is 14.2. The lowest BCUT2D eigenvalue weighted by Crippen LogP contribution is -2.08. The highest BCUT2D eigenvalue weighted by molar-refractivity contribution is 6.42. The van der Waals surface area contributed by atoms with Crippen molar-refractivity contribution in [2.45, 2.75) is 26.8 Å². The molecule has 0 saturated heterocycles. The number of carbonyl (C=O) groups excluding carboxylic acids is 1. The van der Waals surface area contributed by atoms with Gasteiger partial charge in [-0.05, 0) is 19.1 Å². The fraction of sp³-hybridized carbons (Fsp3) is 0.385. The maximum Gasteiger partial charge on any atom is 0.302 e. The summed E-state index contributed by atoms with van der Waals surface area (Å²) in [5.41, 5.74) is 1.74. The van der Waals surface area contributed by atoms with Crippen molar-refractivity contribution in [2.75, 3.05) is 6.61 Å². The molecule has 1 aromatic heterocycles. The average Bonchev–Trinajstić information content (AvgIpc) is 2.66. The van der Waals surface area contributed by atoms with Crippen LogP contribution < -0.4 is 0 Å². The Morgan fingerprint density at radius 2 is 2.05 bits per heavy atom. The number of nitrogens with zero attached hydrogens (tertiary/aromatic N) is 2. The molecule has 0 radical (unpaired) electrons. The lowest BCUT2D eigenvalue weighted by molar-refractivity contribution is -0.140. The Labute approximate surface area is 121 Å². The van der Waals surface area contributed by atoms with Gasteiger partial charge in [-0.15, -0.1) is 0 Å². The molecule has 0 spiro atoms. The highest BCUT2D eigenvalue weighted by Gasteiger charge is 2.12. The van der Waals surface area contributed by atoms with Crippen LogP contribution in [0.1, 0.15) is 19.7 Å². The molecule has 0 bridgehead atoms. The van der Waals surface area contributed by atoms with E-state index in [4.69, 9.17) is 27.9 Å². The maximum absolute atomic E-state index is 10.8. The van der Waals surface area contributed by atoms with Crippen molar-refractivity contribution in [1.29, 1.82) is 0 Å². The number of carbonyl (C=O) groups is 1. The number of halogens is 2. The second-order valence-corrected chi connectivity index (χ2v) is 4.93. The van der Waals surface area contributed by atoms with E-state index in [1.54, 1.807) is 6.07 Å². The minimum Gasteiger partial charge on any atom is -0.465 e. The minimum absolute atomic E-state index is 0.287. The summed E-state index contributed by atoms with van der Waals surface area (Å²) in [6.45, 7) is 4.51. The number of aromatic nitrogens is 2. The van der Waals surface area contributed by atoms with Crippen molar-refractivity contribution in [3.05, 3.63) is 28.0 Å². The van der Waals surface area contributed by atoms with Crippen LogP contribution in [-0.4, -0.2) is 22.1 Å². The fourth-order valence-corrected chi connectivity index (χ4v) is 2.32. The molecule has 6 heteroatoms. The van der Waals surface area contributed by atoms with E-state index < -0.39 is 0 Å². The van der Waals surface area contributed by atoms with Gasteiger partial charge >= 0.3 is 5.97 Å². The Balaban J connectivity index is 2.35. The van der Waals surface area contributed by atoms with E-state index in [1.165, 1.54) is 6.92 Å². The number of hydrogen-bond donors (Lipinski definition) is 0. The normalized spacial score (nSPS) is 10.9. The van der Waals surface area contributed by atoms with Gasteiger partial charge in [0.2, 0.25) is 0 Å². The van der Waals surface area contributed by atoms with Gasteiger partial charge in [0.1, 0.15) is 5.82 Å². The molecule has 0 fully saturated rings. The average molecular weight is 301 g/mol. The SMILES string of the molecule is CCn1c(CCOC(C)=O)nc2cc(Cl)c(Cl)cc21. The van der Waals surface area contributed by atoms with Gasteiger partial charge in [-0.2, -0.15) is 0 Å². The number of benzene rings is 1. The van der Waals surface area contributed by atoms with Crippen LogP contribution in [0.5, 0.6) is 0 Å². The van der Waals surface area contributed by atoms with E-state index in [-0.39, 0.29) is 5.97 Å². The summed E-state index contributed by atoms with van der Waals surface area (Å²) in [6.07, 6.45) is 0.567. The van der Waals surface area contributed by atoms with Gasteiger partial charge in [0, 0.05) is 19.9 Å². The first-order valence-corrected chi connectivity index (χ1v) is 6.76. The van der Waals surface area contributed by atoms with E-state index in [9.17, 15) is 4.79 Å². The molecule has 1 aromatic carbocycles. The van der Waals surface area contributed by atoms with Crippen LogP contribution in [0.15, 0.2) is 12.1 Å². The summed E-state index contributed by atoms with van der Waals surface area (Å²) in [7, 11) is 0.